The number of halogens is 7. The fraction of sp³-hybridized carbons (Fsp3) is 0.182. The van der Waals surface area contributed by atoms with Crippen LogP contribution in [-0.2, 0) is 18.1 Å². The average Bonchev–Trinajstić information content (AvgIpc) is 3.30. The van der Waals surface area contributed by atoms with Gasteiger partial charge in [-0.2, -0.15) is 26.9 Å². The van der Waals surface area contributed by atoms with Crippen LogP contribution in [0.1, 0.15) is 17.0 Å². The second kappa shape index (κ2) is 9.17. The van der Waals surface area contributed by atoms with Crippen LogP contribution in [0.5, 0.6) is 0 Å². The number of nitrogens with one attached hydrogen (secondary N) is 1. The van der Waals surface area contributed by atoms with E-state index in [0.717, 1.165) is 12.1 Å². The lowest BCUT2D eigenvalue weighted by Gasteiger charge is -2.24. The van der Waals surface area contributed by atoms with Crippen molar-refractivity contribution in [3.05, 3.63) is 85.0 Å². The topological polar surface area (TPSA) is 88.3 Å². The predicted molar refractivity (Wildman–Crippen MR) is 123 cm³/mol. The van der Waals surface area contributed by atoms with Gasteiger partial charge < -0.3 is 14.7 Å². The maximum atomic E-state index is 13.1. The van der Waals surface area contributed by atoms with Crippen LogP contribution in [0.3, 0.4) is 0 Å². The number of hydrogen-bond acceptors (Lipinski definition) is 7. The summed E-state index contributed by atoms with van der Waals surface area (Å²) < 4.78 is 69.2. The van der Waals surface area contributed by atoms with E-state index in [9.17, 15) is 31.5 Å². The molecule has 0 aliphatic carbocycles. The number of alkyl halides is 6. The molecule has 0 amide bonds. The van der Waals surface area contributed by atoms with Gasteiger partial charge in [-0.3, -0.25) is 9.59 Å². The van der Waals surface area contributed by atoms with E-state index >= 15 is 0 Å². The Morgan fingerprint density at radius 2 is 1.69 bits per heavy atom. The van der Waals surface area contributed by atoms with Crippen LogP contribution in [0.4, 0.5) is 39.0 Å². The summed E-state index contributed by atoms with van der Waals surface area (Å²) in [6.07, 6.45) is -4.59. The van der Waals surface area contributed by atoms with Crippen molar-refractivity contribution in [1.29, 1.82) is 0 Å². The van der Waals surface area contributed by atoms with Crippen LogP contribution in [0, 0.1) is 0 Å². The molecule has 0 saturated heterocycles. The molecule has 0 aliphatic heterocycles. The van der Waals surface area contributed by atoms with Gasteiger partial charge in [0, 0.05) is 19.2 Å². The second-order valence-electron chi connectivity index (χ2n) is 7.67. The number of hydrogen-bond donors (Lipinski definition) is 1. The lowest BCUT2D eigenvalue weighted by atomic mass is 10.1. The zero-order valence-electron chi connectivity index (χ0n) is 18.0. The van der Waals surface area contributed by atoms with Crippen LogP contribution in [0.15, 0.2) is 56.6 Å². The number of rotatable bonds is 7. The van der Waals surface area contributed by atoms with E-state index in [2.05, 4.69) is 20.0 Å². The van der Waals surface area contributed by atoms with Crippen LogP contribution in [-0.4, -0.2) is 17.2 Å². The molecule has 4 rings (SSSR count). The maximum Gasteiger partial charge on any atom is 0.416 e. The average molecular weight is 547 g/mol. The second-order valence-corrected chi connectivity index (χ2v) is 8.56. The third-order valence-corrected chi connectivity index (χ3v) is 5.60. The normalized spacial score (nSPS) is 12.2. The van der Waals surface area contributed by atoms with Crippen molar-refractivity contribution in [2.75, 3.05) is 17.3 Å². The zero-order chi connectivity index (χ0) is 26.4. The van der Waals surface area contributed by atoms with Gasteiger partial charge in [0.1, 0.15) is 11.4 Å². The molecule has 14 heteroatoms. The highest BCUT2D eigenvalue weighted by molar-refractivity contribution is 6.33. The standard InChI is InChI=1S/C22H13Cl2F5N4O3/c1-33(9-10-2-4-11(5-3-10)19-31-20(36-32-19)21(24,25)26)16-15(17(34)18(16)35)30-14-7-6-12(8-13(14)23)22(27,28)29/h2-8,30H,9H2,1H3. The summed E-state index contributed by atoms with van der Waals surface area (Å²) in [5, 5.41) is 2.01. The first kappa shape index (κ1) is 25.6. The maximum absolute atomic E-state index is 13.1. The van der Waals surface area contributed by atoms with E-state index in [4.69, 9.17) is 23.2 Å². The Morgan fingerprint density at radius 3 is 2.25 bits per heavy atom. The van der Waals surface area contributed by atoms with E-state index in [1.807, 2.05) is 0 Å². The third-order valence-electron chi connectivity index (χ3n) is 5.12. The van der Waals surface area contributed by atoms with Crippen molar-refractivity contribution in [1.82, 2.24) is 10.1 Å². The van der Waals surface area contributed by atoms with Crippen molar-refractivity contribution in [3.63, 3.8) is 0 Å². The van der Waals surface area contributed by atoms with Gasteiger partial charge in [0.05, 0.1) is 16.3 Å². The molecule has 0 fully saturated rings. The minimum Gasteiger partial charge on any atom is -0.365 e. The monoisotopic (exact) mass is 546 g/mol. The molecule has 3 aromatic carbocycles. The molecular formula is C22H13Cl2F5N4O3. The Hall–Kier alpha value is -3.51. The fourth-order valence-corrected chi connectivity index (χ4v) is 3.66. The molecule has 1 aromatic heterocycles. The molecule has 0 bridgehead atoms. The molecule has 1 N–H and O–H groups in total. The zero-order valence-corrected chi connectivity index (χ0v) is 19.5. The molecule has 0 unspecified atom stereocenters. The van der Waals surface area contributed by atoms with Crippen LogP contribution in [0.25, 0.3) is 11.4 Å². The molecule has 1 heterocycles. The SMILES string of the molecule is CN(Cc1ccc(-c2noc(C(F)(F)Cl)n2)cc1)c1c(Nc2ccc(C(F)(F)F)cc2Cl)c(=O)c1=O. The number of nitrogens with zero attached hydrogens (tertiary/aromatic N) is 3. The van der Waals surface area contributed by atoms with Gasteiger partial charge >= 0.3 is 17.4 Å². The van der Waals surface area contributed by atoms with E-state index in [1.165, 1.54) is 24.1 Å². The molecular weight excluding hydrogens is 534 g/mol. The van der Waals surface area contributed by atoms with Gasteiger partial charge in [0.25, 0.3) is 10.9 Å². The van der Waals surface area contributed by atoms with E-state index in [-0.39, 0.29) is 34.5 Å². The van der Waals surface area contributed by atoms with Gasteiger partial charge in [-0.15, -0.1) is 0 Å². The first-order chi connectivity index (χ1) is 16.8. The lowest BCUT2D eigenvalue weighted by Crippen LogP contribution is -2.40. The van der Waals surface area contributed by atoms with Crippen LogP contribution >= 0.6 is 23.2 Å². The first-order valence-corrected chi connectivity index (χ1v) is 10.7. The summed E-state index contributed by atoms with van der Waals surface area (Å²) in [4.78, 5) is 29.4. The molecule has 0 spiro atoms. The van der Waals surface area contributed by atoms with Crippen molar-refractivity contribution >= 4 is 40.3 Å². The Kier molecular flexibility index (Phi) is 6.52. The molecule has 0 radical (unpaired) electrons. The van der Waals surface area contributed by atoms with Gasteiger partial charge in [0.2, 0.25) is 5.82 Å². The van der Waals surface area contributed by atoms with Gasteiger partial charge in [-0.05, 0) is 35.4 Å². The summed E-state index contributed by atoms with van der Waals surface area (Å²) in [7, 11) is 1.54. The first-order valence-electron chi connectivity index (χ1n) is 9.94. The van der Waals surface area contributed by atoms with E-state index < -0.39 is 33.9 Å². The molecule has 188 valence electrons. The summed E-state index contributed by atoms with van der Waals surface area (Å²) in [6.45, 7) is 0.151. The highest BCUT2D eigenvalue weighted by atomic mass is 35.5. The Morgan fingerprint density at radius 1 is 1.03 bits per heavy atom. The Balaban J connectivity index is 1.50. The lowest BCUT2D eigenvalue weighted by molar-refractivity contribution is -0.137. The van der Waals surface area contributed by atoms with Crippen molar-refractivity contribution in [3.8, 4) is 11.4 Å². The van der Waals surface area contributed by atoms with Crippen LogP contribution < -0.4 is 21.1 Å². The summed E-state index contributed by atoms with van der Waals surface area (Å²) in [5.74, 6) is -1.15. The summed E-state index contributed by atoms with van der Waals surface area (Å²) >= 11 is 10.8. The quantitative estimate of drug-likeness (QED) is 0.181. The molecule has 7 nitrogen and oxygen atoms in total. The fourth-order valence-electron chi connectivity index (χ4n) is 3.36. The van der Waals surface area contributed by atoms with Gasteiger partial charge in [-0.1, -0.05) is 41.0 Å². The largest absolute Gasteiger partial charge is 0.416 e. The summed E-state index contributed by atoms with van der Waals surface area (Å²) in [5.41, 5.74) is -1.61. The number of anilines is 3. The molecule has 0 saturated carbocycles. The van der Waals surface area contributed by atoms with Crippen molar-refractivity contribution in [2.45, 2.75) is 18.1 Å². The molecule has 36 heavy (non-hydrogen) atoms. The summed E-state index contributed by atoms with van der Waals surface area (Å²) in [6, 6.07) is 8.87. The number of benzene rings is 2. The van der Waals surface area contributed by atoms with E-state index in [0.29, 0.717) is 17.2 Å². The third kappa shape index (κ3) is 5.05. The van der Waals surface area contributed by atoms with Gasteiger partial charge in [0.15, 0.2) is 0 Å². The minimum atomic E-state index is -4.59. The Labute approximate surface area is 208 Å². The predicted octanol–water partition coefficient (Wildman–Crippen LogP) is 5.67. The van der Waals surface area contributed by atoms with Crippen molar-refractivity contribution < 1.29 is 26.5 Å². The molecule has 4 aromatic rings. The minimum absolute atomic E-state index is 0.0206. The smallest absolute Gasteiger partial charge is 0.365 e. The van der Waals surface area contributed by atoms with E-state index in [1.54, 1.807) is 12.1 Å². The highest BCUT2D eigenvalue weighted by Gasteiger charge is 2.36. The molecule has 0 atom stereocenters. The Bertz CT molecular complexity index is 1490. The van der Waals surface area contributed by atoms with Crippen LogP contribution in [0.2, 0.25) is 5.02 Å². The molecule has 0 aliphatic rings. The highest BCUT2D eigenvalue weighted by Crippen LogP contribution is 2.36. The number of aromatic nitrogens is 2. The van der Waals surface area contributed by atoms with Gasteiger partial charge in [-0.25, -0.2) is 0 Å². The van der Waals surface area contributed by atoms with Crippen molar-refractivity contribution in [2.24, 2.45) is 0 Å².